The molecule has 0 aromatic carbocycles. The molecular formula is C22H36O7. The van der Waals surface area contributed by atoms with Gasteiger partial charge in [-0.25, -0.2) is 9.59 Å². The number of aliphatic carboxylic acids is 2. The lowest BCUT2D eigenvalue weighted by Crippen LogP contribution is -2.23. The van der Waals surface area contributed by atoms with Gasteiger partial charge in [0, 0.05) is 13.0 Å². The minimum absolute atomic E-state index is 0.0521. The average molecular weight is 413 g/mol. The van der Waals surface area contributed by atoms with Gasteiger partial charge in [0.1, 0.15) is 6.10 Å². The van der Waals surface area contributed by atoms with Crippen LogP contribution in [0.1, 0.15) is 90.4 Å². The average Bonchev–Trinajstić information content (AvgIpc) is 2.68. The van der Waals surface area contributed by atoms with E-state index in [0.29, 0.717) is 6.61 Å². The van der Waals surface area contributed by atoms with Gasteiger partial charge in [-0.05, 0) is 32.1 Å². The van der Waals surface area contributed by atoms with Crippen molar-refractivity contribution in [3.63, 3.8) is 0 Å². The van der Waals surface area contributed by atoms with Crippen molar-refractivity contribution in [3.8, 4) is 0 Å². The van der Waals surface area contributed by atoms with Gasteiger partial charge in [0.2, 0.25) is 0 Å². The van der Waals surface area contributed by atoms with Crippen LogP contribution in [0.4, 0.5) is 0 Å². The molecular weight excluding hydrogens is 376 g/mol. The Balaban J connectivity index is 2.49. The molecule has 166 valence electrons. The summed E-state index contributed by atoms with van der Waals surface area (Å²) >= 11 is 0. The zero-order valence-corrected chi connectivity index (χ0v) is 17.6. The number of unbranched alkanes of at least 4 members (excludes halogenated alkanes) is 5. The lowest BCUT2D eigenvalue weighted by Gasteiger charge is -2.22. The number of carboxylic acid groups (broad SMARTS) is 2. The zero-order valence-electron chi connectivity index (χ0n) is 17.6. The molecule has 0 spiro atoms. The Labute approximate surface area is 173 Å². The van der Waals surface area contributed by atoms with Crippen LogP contribution in [0.25, 0.3) is 0 Å². The molecule has 29 heavy (non-hydrogen) atoms. The van der Waals surface area contributed by atoms with Gasteiger partial charge >= 0.3 is 17.9 Å². The number of esters is 1. The zero-order chi connectivity index (χ0) is 21.5. The second-order valence-corrected chi connectivity index (χ2v) is 7.62. The molecule has 7 nitrogen and oxygen atoms in total. The van der Waals surface area contributed by atoms with E-state index in [1.54, 1.807) is 0 Å². The van der Waals surface area contributed by atoms with Crippen LogP contribution in [0.5, 0.6) is 0 Å². The molecule has 1 saturated carbocycles. The lowest BCUT2D eigenvalue weighted by molar-refractivity contribution is -0.151. The Kier molecular flexibility index (Phi) is 13.0. The SMILES string of the molecule is CCCCCCCCOCCC(C(=O)O)=C(CC(=O)OC1CCCCC1)C(=O)O. The predicted molar refractivity (Wildman–Crippen MR) is 109 cm³/mol. The third-order valence-corrected chi connectivity index (χ3v) is 5.19. The smallest absolute Gasteiger partial charge is 0.332 e. The fraction of sp³-hybridized carbons (Fsp3) is 0.773. The van der Waals surface area contributed by atoms with Crippen LogP contribution in [0.15, 0.2) is 11.1 Å². The van der Waals surface area contributed by atoms with Gasteiger partial charge < -0.3 is 19.7 Å². The summed E-state index contributed by atoms with van der Waals surface area (Å²) in [6.07, 6.45) is 10.6. The van der Waals surface area contributed by atoms with Crippen molar-refractivity contribution in [2.24, 2.45) is 0 Å². The summed E-state index contributed by atoms with van der Waals surface area (Å²) in [4.78, 5) is 35.3. The van der Waals surface area contributed by atoms with Crippen LogP contribution < -0.4 is 0 Å². The molecule has 0 unspecified atom stereocenters. The first kappa shape index (κ1) is 25.1. The molecule has 0 heterocycles. The van der Waals surface area contributed by atoms with E-state index < -0.39 is 29.9 Å². The predicted octanol–water partition coefficient (Wildman–Crippen LogP) is 4.49. The molecule has 1 aliphatic carbocycles. The standard InChI is InChI=1S/C22H36O7/c1-2-3-4-5-6-10-14-28-15-13-18(21(24)25)19(22(26)27)16-20(23)29-17-11-8-7-9-12-17/h17H,2-16H2,1H3,(H,24,25)(H,26,27). The van der Waals surface area contributed by atoms with E-state index in [0.717, 1.165) is 51.4 Å². The number of hydrogen-bond acceptors (Lipinski definition) is 5. The van der Waals surface area contributed by atoms with Gasteiger partial charge in [-0.1, -0.05) is 45.4 Å². The molecule has 0 radical (unpaired) electrons. The monoisotopic (exact) mass is 412 g/mol. The normalized spacial score (nSPS) is 15.6. The highest BCUT2D eigenvalue weighted by atomic mass is 16.5. The van der Waals surface area contributed by atoms with E-state index in [9.17, 15) is 24.6 Å². The maximum atomic E-state index is 12.1. The maximum absolute atomic E-state index is 12.1. The van der Waals surface area contributed by atoms with Gasteiger partial charge in [0.05, 0.1) is 24.2 Å². The number of ether oxygens (including phenoxy) is 2. The third-order valence-electron chi connectivity index (χ3n) is 5.19. The molecule has 0 aliphatic heterocycles. The Bertz CT molecular complexity index is 547. The van der Waals surface area contributed by atoms with E-state index in [1.807, 2.05) is 0 Å². The van der Waals surface area contributed by atoms with Crippen molar-refractivity contribution in [2.75, 3.05) is 13.2 Å². The molecule has 0 bridgehead atoms. The van der Waals surface area contributed by atoms with Crippen LogP contribution in [0.2, 0.25) is 0 Å². The van der Waals surface area contributed by atoms with Gasteiger partial charge in [0.15, 0.2) is 0 Å². The number of hydrogen-bond donors (Lipinski definition) is 2. The Morgan fingerprint density at radius 2 is 1.45 bits per heavy atom. The minimum atomic E-state index is -1.40. The second kappa shape index (κ2) is 15.0. The number of carboxylic acids is 2. The van der Waals surface area contributed by atoms with E-state index in [1.165, 1.54) is 19.3 Å². The van der Waals surface area contributed by atoms with E-state index in [2.05, 4.69) is 6.92 Å². The van der Waals surface area contributed by atoms with Crippen molar-refractivity contribution in [3.05, 3.63) is 11.1 Å². The topological polar surface area (TPSA) is 110 Å². The number of carbonyl (C=O) groups excluding carboxylic acids is 1. The molecule has 1 fully saturated rings. The van der Waals surface area contributed by atoms with Crippen molar-refractivity contribution < 1.29 is 34.1 Å². The first-order valence-corrected chi connectivity index (χ1v) is 10.9. The molecule has 1 rings (SSSR count). The summed E-state index contributed by atoms with van der Waals surface area (Å²) < 4.78 is 10.8. The summed E-state index contributed by atoms with van der Waals surface area (Å²) in [5, 5.41) is 18.8. The van der Waals surface area contributed by atoms with Gasteiger partial charge in [-0.15, -0.1) is 0 Å². The maximum Gasteiger partial charge on any atom is 0.332 e. The molecule has 0 saturated heterocycles. The largest absolute Gasteiger partial charge is 0.478 e. The Morgan fingerprint density at radius 1 is 0.828 bits per heavy atom. The summed E-state index contributed by atoms with van der Waals surface area (Å²) in [6, 6.07) is 0. The molecule has 0 aromatic heterocycles. The molecule has 0 atom stereocenters. The minimum Gasteiger partial charge on any atom is -0.478 e. The quantitative estimate of drug-likeness (QED) is 0.232. The van der Waals surface area contributed by atoms with Crippen LogP contribution >= 0.6 is 0 Å². The summed E-state index contributed by atoms with van der Waals surface area (Å²) in [7, 11) is 0. The first-order valence-electron chi connectivity index (χ1n) is 10.9. The molecule has 0 aromatic rings. The number of carbonyl (C=O) groups is 3. The van der Waals surface area contributed by atoms with Gasteiger partial charge in [-0.2, -0.15) is 0 Å². The van der Waals surface area contributed by atoms with E-state index in [-0.39, 0.29) is 24.7 Å². The fourth-order valence-electron chi connectivity index (χ4n) is 3.51. The molecule has 7 heteroatoms. The Morgan fingerprint density at radius 3 is 2.07 bits per heavy atom. The van der Waals surface area contributed by atoms with Crippen molar-refractivity contribution >= 4 is 17.9 Å². The fourth-order valence-corrected chi connectivity index (χ4v) is 3.51. The second-order valence-electron chi connectivity index (χ2n) is 7.62. The highest BCUT2D eigenvalue weighted by molar-refractivity contribution is 6.01. The van der Waals surface area contributed by atoms with Crippen molar-refractivity contribution in [2.45, 2.75) is 96.5 Å². The van der Waals surface area contributed by atoms with E-state index >= 15 is 0 Å². The Hall–Kier alpha value is -1.89. The van der Waals surface area contributed by atoms with E-state index in [4.69, 9.17) is 9.47 Å². The lowest BCUT2D eigenvalue weighted by atomic mass is 9.97. The van der Waals surface area contributed by atoms with Crippen molar-refractivity contribution in [1.29, 1.82) is 0 Å². The summed E-state index contributed by atoms with van der Waals surface area (Å²) in [5.74, 6) is -3.42. The summed E-state index contributed by atoms with van der Waals surface area (Å²) in [5.41, 5.74) is -0.706. The highest BCUT2D eigenvalue weighted by Crippen LogP contribution is 2.22. The number of rotatable bonds is 15. The molecule has 1 aliphatic rings. The van der Waals surface area contributed by atoms with Gasteiger partial charge in [-0.3, -0.25) is 4.79 Å². The van der Waals surface area contributed by atoms with Gasteiger partial charge in [0.25, 0.3) is 0 Å². The third kappa shape index (κ3) is 11.0. The molecule has 0 amide bonds. The van der Waals surface area contributed by atoms with Crippen LogP contribution in [-0.2, 0) is 23.9 Å². The molecule has 2 N–H and O–H groups in total. The van der Waals surface area contributed by atoms with Crippen LogP contribution in [0, 0.1) is 0 Å². The highest BCUT2D eigenvalue weighted by Gasteiger charge is 2.25. The first-order chi connectivity index (χ1) is 14.0. The van der Waals surface area contributed by atoms with Crippen LogP contribution in [-0.4, -0.2) is 47.4 Å². The van der Waals surface area contributed by atoms with Crippen molar-refractivity contribution in [1.82, 2.24) is 0 Å². The summed E-state index contributed by atoms with van der Waals surface area (Å²) in [6.45, 7) is 2.80. The van der Waals surface area contributed by atoms with Crippen LogP contribution in [0.3, 0.4) is 0 Å².